The van der Waals surface area contributed by atoms with Crippen LogP contribution in [0.5, 0.6) is 0 Å². The van der Waals surface area contributed by atoms with Gasteiger partial charge < -0.3 is 20.6 Å². The number of carbonyl (C=O) groups is 3. The Balaban J connectivity index is 1.69. The number of benzene rings is 2. The van der Waals surface area contributed by atoms with E-state index in [2.05, 4.69) is 16.7 Å². The molecule has 2 fully saturated rings. The highest BCUT2D eigenvalue weighted by molar-refractivity contribution is 6.35. The van der Waals surface area contributed by atoms with E-state index in [4.69, 9.17) is 28.5 Å². The van der Waals surface area contributed by atoms with E-state index in [1.807, 2.05) is 0 Å². The van der Waals surface area contributed by atoms with Crippen LogP contribution in [0, 0.1) is 11.3 Å². The van der Waals surface area contributed by atoms with Gasteiger partial charge in [0.05, 0.1) is 23.4 Å². The van der Waals surface area contributed by atoms with Gasteiger partial charge in [-0.05, 0) is 42.8 Å². The minimum absolute atomic E-state index is 0.0961. The summed E-state index contributed by atoms with van der Waals surface area (Å²) in [6, 6.07) is 11.6. The number of anilines is 1. The average Bonchev–Trinajstić information content (AvgIpc) is 3.19. The van der Waals surface area contributed by atoms with Crippen molar-refractivity contribution < 1.29 is 19.5 Å². The molecule has 2 aromatic carbocycles. The van der Waals surface area contributed by atoms with Gasteiger partial charge in [0.25, 0.3) is 5.91 Å². The minimum atomic E-state index is -1.26. The van der Waals surface area contributed by atoms with Crippen molar-refractivity contribution in [3.8, 4) is 6.07 Å². The summed E-state index contributed by atoms with van der Waals surface area (Å²) in [5, 5.41) is 24.1. The van der Waals surface area contributed by atoms with Gasteiger partial charge >= 0.3 is 12.1 Å². The zero-order valence-electron chi connectivity index (χ0n) is 18.1. The fourth-order valence-corrected chi connectivity index (χ4v) is 5.06. The summed E-state index contributed by atoms with van der Waals surface area (Å²) >= 11 is 12.2. The van der Waals surface area contributed by atoms with Crippen molar-refractivity contribution in [2.45, 2.75) is 37.6 Å². The number of fused-ring (bicyclic) bond motifs is 1. The lowest BCUT2D eigenvalue weighted by atomic mass is 9.86. The molecule has 2 aromatic rings. The number of carbonyl (C=O) groups excluding carboxylic acids is 3. The number of imide groups is 1. The highest BCUT2D eigenvalue weighted by Gasteiger charge is 2.62. The number of aliphatic hydroxyl groups is 1. The Morgan fingerprint density at radius 1 is 1.24 bits per heavy atom. The quantitative estimate of drug-likeness (QED) is 0.428. The summed E-state index contributed by atoms with van der Waals surface area (Å²) in [4.78, 5) is 42.0. The maximum absolute atomic E-state index is 13.8. The van der Waals surface area contributed by atoms with Crippen molar-refractivity contribution in [2.24, 2.45) is 0 Å². The molecule has 0 aliphatic carbocycles. The second kappa shape index (κ2) is 9.14. The van der Waals surface area contributed by atoms with Crippen LogP contribution >= 0.6 is 23.2 Å². The van der Waals surface area contributed by atoms with E-state index in [0.717, 1.165) is 10.5 Å². The standard InChI is InChI=1S/C23H21Cl2N5O4/c1-13(31)27-21(33)28-18-10-23(9-14-2-4-15(11-26)5-3-14)20(32)30(22(34)29(23)12-18)19-7-16(24)6-17(25)8-19/h2-8,13,18,31H,9-10,12H2,1H3,(H2,27,28,33). The summed E-state index contributed by atoms with van der Waals surface area (Å²) in [7, 11) is 0. The van der Waals surface area contributed by atoms with Gasteiger partial charge in [-0.3, -0.25) is 4.79 Å². The van der Waals surface area contributed by atoms with E-state index in [0.29, 0.717) is 5.56 Å². The molecule has 2 aliphatic rings. The largest absolute Gasteiger partial charge is 0.374 e. The fourth-order valence-electron chi connectivity index (χ4n) is 4.54. The smallest absolute Gasteiger partial charge is 0.332 e. The van der Waals surface area contributed by atoms with Crippen molar-refractivity contribution in [3.05, 3.63) is 63.6 Å². The molecule has 11 heteroatoms. The van der Waals surface area contributed by atoms with E-state index >= 15 is 0 Å². The Labute approximate surface area is 205 Å². The van der Waals surface area contributed by atoms with Crippen LogP contribution in [0.25, 0.3) is 0 Å². The Morgan fingerprint density at radius 3 is 2.47 bits per heavy atom. The third kappa shape index (κ3) is 4.40. The lowest BCUT2D eigenvalue weighted by Gasteiger charge is -2.28. The van der Waals surface area contributed by atoms with Crippen molar-refractivity contribution in [1.29, 1.82) is 5.26 Å². The van der Waals surface area contributed by atoms with Crippen LogP contribution in [0.15, 0.2) is 42.5 Å². The molecule has 3 N–H and O–H groups in total. The zero-order valence-corrected chi connectivity index (χ0v) is 19.6. The van der Waals surface area contributed by atoms with Gasteiger partial charge in [-0.1, -0.05) is 35.3 Å². The second-order valence-corrected chi connectivity index (χ2v) is 9.25. The Hall–Kier alpha value is -3.32. The van der Waals surface area contributed by atoms with E-state index in [-0.39, 0.29) is 35.1 Å². The van der Waals surface area contributed by atoms with Crippen LogP contribution in [-0.4, -0.2) is 52.3 Å². The van der Waals surface area contributed by atoms with Crippen LogP contribution in [0.1, 0.15) is 24.5 Å². The number of aliphatic hydroxyl groups excluding tert-OH is 1. The van der Waals surface area contributed by atoms with Crippen molar-refractivity contribution in [2.75, 3.05) is 11.4 Å². The summed E-state index contributed by atoms with van der Waals surface area (Å²) in [5.74, 6) is -0.458. The van der Waals surface area contributed by atoms with Crippen LogP contribution in [0.3, 0.4) is 0 Å². The molecule has 176 valence electrons. The van der Waals surface area contributed by atoms with Crippen LogP contribution < -0.4 is 15.5 Å². The third-order valence-electron chi connectivity index (χ3n) is 5.89. The number of amides is 5. The first-order chi connectivity index (χ1) is 16.1. The Bertz CT molecular complexity index is 1180. The molecule has 3 atom stereocenters. The number of nitriles is 1. The number of urea groups is 2. The Morgan fingerprint density at radius 2 is 1.88 bits per heavy atom. The predicted octanol–water partition coefficient (Wildman–Crippen LogP) is 3.02. The third-order valence-corrected chi connectivity index (χ3v) is 6.32. The van der Waals surface area contributed by atoms with E-state index in [1.165, 1.54) is 30.0 Å². The normalized spacial score (nSPS) is 22.4. The molecule has 2 heterocycles. The molecule has 0 saturated carbocycles. The Kier molecular flexibility index (Phi) is 6.41. The van der Waals surface area contributed by atoms with Crippen LogP contribution in [0.2, 0.25) is 10.0 Å². The first-order valence-corrected chi connectivity index (χ1v) is 11.2. The molecule has 9 nitrogen and oxygen atoms in total. The monoisotopic (exact) mass is 501 g/mol. The summed E-state index contributed by atoms with van der Waals surface area (Å²) < 4.78 is 0. The number of nitrogens with one attached hydrogen (secondary N) is 2. The molecule has 0 bridgehead atoms. The highest BCUT2D eigenvalue weighted by Crippen LogP contribution is 2.43. The minimum Gasteiger partial charge on any atom is -0.374 e. The summed E-state index contributed by atoms with van der Waals surface area (Å²) in [6.07, 6.45) is -0.708. The lowest BCUT2D eigenvalue weighted by molar-refractivity contribution is -0.124. The number of halogens is 2. The van der Waals surface area contributed by atoms with Gasteiger partial charge in [0.1, 0.15) is 11.8 Å². The maximum Gasteiger partial charge on any atom is 0.332 e. The van der Waals surface area contributed by atoms with Gasteiger partial charge in [0.15, 0.2) is 0 Å². The number of nitrogens with zero attached hydrogens (tertiary/aromatic N) is 3. The molecular formula is C23H21Cl2N5O4. The molecule has 5 amide bonds. The summed E-state index contributed by atoms with van der Waals surface area (Å²) in [6.45, 7) is 1.50. The summed E-state index contributed by atoms with van der Waals surface area (Å²) in [5.41, 5.74) is 0.230. The molecular weight excluding hydrogens is 481 g/mol. The van der Waals surface area contributed by atoms with E-state index in [1.54, 1.807) is 24.3 Å². The van der Waals surface area contributed by atoms with E-state index in [9.17, 15) is 19.5 Å². The second-order valence-electron chi connectivity index (χ2n) is 8.37. The van der Waals surface area contributed by atoms with E-state index < -0.39 is 35.8 Å². The molecule has 0 radical (unpaired) electrons. The molecule has 3 unspecified atom stereocenters. The number of hydrogen-bond acceptors (Lipinski definition) is 5. The number of rotatable bonds is 5. The maximum atomic E-state index is 13.8. The molecule has 2 aliphatic heterocycles. The fraction of sp³-hybridized carbons (Fsp3) is 0.304. The topological polar surface area (TPSA) is 126 Å². The van der Waals surface area contributed by atoms with Crippen LogP contribution in [0.4, 0.5) is 15.3 Å². The lowest BCUT2D eigenvalue weighted by Crippen LogP contribution is -2.48. The molecule has 2 saturated heterocycles. The van der Waals surface area contributed by atoms with Gasteiger partial charge in [-0.25, -0.2) is 14.5 Å². The highest BCUT2D eigenvalue weighted by atomic mass is 35.5. The molecule has 34 heavy (non-hydrogen) atoms. The average molecular weight is 502 g/mol. The van der Waals surface area contributed by atoms with Gasteiger partial charge in [-0.2, -0.15) is 5.26 Å². The SMILES string of the molecule is CC(O)NC(=O)NC1CN2C(=O)N(c3cc(Cl)cc(Cl)c3)C(=O)C2(Cc2ccc(C#N)cc2)C1. The zero-order chi connectivity index (χ0) is 24.6. The number of hydrogen-bond donors (Lipinski definition) is 3. The van der Waals surface area contributed by atoms with Crippen molar-refractivity contribution in [3.63, 3.8) is 0 Å². The predicted molar refractivity (Wildman–Crippen MR) is 125 cm³/mol. The van der Waals surface area contributed by atoms with Gasteiger partial charge in [0.2, 0.25) is 0 Å². The van der Waals surface area contributed by atoms with Crippen LogP contribution in [-0.2, 0) is 11.2 Å². The first-order valence-electron chi connectivity index (χ1n) is 10.5. The first kappa shape index (κ1) is 23.8. The van der Waals surface area contributed by atoms with Crippen molar-refractivity contribution in [1.82, 2.24) is 15.5 Å². The molecule has 4 rings (SSSR count). The van der Waals surface area contributed by atoms with Gasteiger partial charge in [-0.15, -0.1) is 0 Å². The van der Waals surface area contributed by atoms with Crippen molar-refractivity contribution >= 4 is 46.9 Å². The molecule has 0 aromatic heterocycles. The van der Waals surface area contributed by atoms with Gasteiger partial charge in [0, 0.05) is 29.4 Å². The molecule has 0 spiro atoms.